The predicted molar refractivity (Wildman–Crippen MR) is 87.0 cm³/mol. The van der Waals surface area contributed by atoms with Crippen LogP contribution >= 0.6 is 31.9 Å². The molecule has 0 bridgehead atoms. The van der Waals surface area contributed by atoms with Crippen molar-refractivity contribution < 1.29 is 12.8 Å². The molecular formula is C14H12Br2FNO2S. The van der Waals surface area contributed by atoms with Crippen LogP contribution in [-0.4, -0.2) is 8.42 Å². The molecule has 21 heavy (non-hydrogen) atoms. The molecule has 2 rings (SSSR count). The van der Waals surface area contributed by atoms with E-state index in [4.69, 9.17) is 0 Å². The van der Waals surface area contributed by atoms with Gasteiger partial charge in [0.25, 0.3) is 0 Å². The average molecular weight is 437 g/mol. The number of hydrogen-bond acceptors (Lipinski definition) is 2. The first-order valence-electron chi connectivity index (χ1n) is 6.03. The molecule has 0 aliphatic carbocycles. The normalized spacial score (nSPS) is 13.1. The van der Waals surface area contributed by atoms with Crippen molar-refractivity contribution in [2.24, 2.45) is 0 Å². The SMILES string of the molecule is C[C@H](NS(=O)(=O)c1cc(Br)ccc1Br)c1ccccc1F. The summed E-state index contributed by atoms with van der Waals surface area (Å²) in [6.45, 7) is 1.60. The van der Waals surface area contributed by atoms with E-state index in [1.165, 1.54) is 12.1 Å². The van der Waals surface area contributed by atoms with Gasteiger partial charge in [-0.25, -0.2) is 17.5 Å². The van der Waals surface area contributed by atoms with Crippen LogP contribution in [0.3, 0.4) is 0 Å². The lowest BCUT2D eigenvalue weighted by Gasteiger charge is -2.16. The molecule has 0 aliphatic heterocycles. The minimum absolute atomic E-state index is 0.0973. The molecule has 0 radical (unpaired) electrons. The lowest BCUT2D eigenvalue weighted by atomic mass is 10.1. The highest BCUT2D eigenvalue weighted by Crippen LogP contribution is 2.27. The van der Waals surface area contributed by atoms with E-state index in [0.29, 0.717) is 14.5 Å². The molecule has 0 spiro atoms. The second-order valence-corrected chi connectivity index (χ2v) is 7.89. The van der Waals surface area contributed by atoms with Gasteiger partial charge in [-0.05, 0) is 47.1 Å². The Hall–Kier alpha value is -0.760. The molecule has 0 amide bonds. The molecule has 0 heterocycles. The molecule has 2 aromatic rings. The molecule has 0 aromatic heterocycles. The molecule has 0 unspecified atom stereocenters. The number of sulfonamides is 1. The summed E-state index contributed by atoms with van der Waals surface area (Å²) in [5.41, 5.74) is 0.298. The van der Waals surface area contributed by atoms with E-state index in [9.17, 15) is 12.8 Å². The molecule has 1 atom stereocenters. The number of rotatable bonds is 4. The van der Waals surface area contributed by atoms with Gasteiger partial charge in [-0.2, -0.15) is 0 Å². The van der Waals surface area contributed by atoms with E-state index in [0.717, 1.165) is 0 Å². The smallest absolute Gasteiger partial charge is 0.207 e. The number of hydrogen-bond donors (Lipinski definition) is 1. The van der Waals surface area contributed by atoms with Crippen LogP contribution in [0.15, 0.2) is 56.3 Å². The van der Waals surface area contributed by atoms with Crippen LogP contribution in [0.25, 0.3) is 0 Å². The van der Waals surface area contributed by atoms with Gasteiger partial charge in [-0.3, -0.25) is 0 Å². The highest BCUT2D eigenvalue weighted by molar-refractivity contribution is 9.11. The Bertz CT molecular complexity index is 765. The minimum Gasteiger partial charge on any atom is -0.207 e. The fourth-order valence-electron chi connectivity index (χ4n) is 1.87. The molecule has 112 valence electrons. The van der Waals surface area contributed by atoms with Crippen LogP contribution in [0.4, 0.5) is 4.39 Å². The zero-order valence-corrected chi connectivity index (χ0v) is 15.0. The highest BCUT2D eigenvalue weighted by atomic mass is 79.9. The Balaban J connectivity index is 2.34. The third kappa shape index (κ3) is 3.91. The number of halogens is 3. The summed E-state index contributed by atoms with van der Waals surface area (Å²) in [5, 5.41) is 0. The van der Waals surface area contributed by atoms with Crippen LogP contribution in [0, 0.1) is 5.82 Å². The molecule has 7 heteroatoms. The molecule has 3 nitrogen and oxygen atoms in total. The van der Waals surface area contributed by atoms with Gasteiger partial charge in [0.1, 0.15) is 5.82 Å². The summed E-state index contributed by atoms with van der Waals surface area (Å²) in [6, 6.07) is 10.2. The Morgan fingerprint density at radius 3 is 2.48 bits per heavy atom. The predicted octanol–water partition coefficient (Wildman–Crippen LogP) is 4.39. The van der Waals surface area contributed by atoms with Crippen LogP contribution < -0.4 is 4.72 Å². The van der Waals surface area contributed by atoms with Gasteiger partial charge >= 0.3 is 0 Å². The van der Waals surface area contributed by atoms with Crippen LogP contribution in [0.1, 0.15) is 18.5 Å². The van der Waals surface area contributed by atoms with E-state index >= 15 is 0 Å². The quantitative estimate of drug-likeness (QED) is 0.772. The van der Waals surface area contributed by atoms with Crippen molar-refractivity contribution in [3.8, 4) is 0 Å². The standard InChI is InChI=1S/C14H12Br2FNO2S/c1-9(11-4-2-3-5-13(11)17)18-21(19,20)14-8-10(15)6-7-12(14)16/h2-9,18H,1H3/t9-/m0/s1. The maximum Gasteiger partial charge on any atom is 0.242 e. The molecule has 0 saturated heterocycles. The van der Waals surface area contributed by atoms with Gasteiger partial charge < -0.3 is 0 Å². The number of benzene rings is 2. The second-order valence-electron chi connectivity index (χ2n) is 4.44. The second kappa shape index (κ2) is 6.56. The zero-order valence-electron chi connectivity index (χ0n) is 11.0. The third-order valence-corrected chi connectivity index (χ3v) is 5.91. The van der Waals surface area contributed by atoms with Gasteiger partial charge in [0, 0.05) is 20.6 Å². The lowest BCUT2D eigenvalue weighted by Crippen LogP contribution is -2.27. The van der Waals surface area contributed by atoms with E-state index in [1.807, 2.05) is 0 Å². The van der Waals surface area contributed by atoms with E-state index < -0.39 is 21.9 Å². The van der Waals surface area contributed by atoms with E-state index in [1.54, 1.807) is 37.3 Å². The van der Waals surface area contributed by atoms with E-state index in [-0.39, 0.29) is 4.90 Å². The highest BCUT2D eigenvalue weighted by Gasteiger charge is 2.22. The largest absolute Gasteiger partial charge is 0.242 e. The summed E-state index contributed by atoms with van der Waals surface area (Å²) in [4.78, 5) is 0.0973. The number of nitrogens with one attached hydrogen (secondary N) is 1. The summed E-state index contributed by atoms with van der Waals surface area (Å²) in [5.74, 6) is -0.444. The van der Waals surface area contributed by atoms with Crippen molar-refractivity contribution in [2.75, 3.05) is 0 Å². The van der Waals surface area contributed by atoms with Crippen LogP contribution in [0.5, 0.6) is 0 Å². The van der Waals surface area contributed by atoms with Gasteiger partial charge in [0.15, 0.2) is 0 Å². The minimum atomic E-state index is -3.77. The summed E-state index contributed by atoms with van der Waals surface area (Å²) in [7, 11) is -3.77. The summed E-state index contributed by atoms with van der Waals surface area (Å²) < 4.78 is 42.1. The molecule has 0 saturated carbocycles. The van der Waals surface area contributed by atoms with Crippen molar-refractivity contribution >= 4 is 41.9 Å². The van der Waals surface area contributed by atoms with E-state index in [2.05, 4.69) is 36.6 Å². The fourth-order valence-corrected chi connectivity index (χ4v) is 4.59. The van der Waals surface area contributed by atoms with Gasteiger partial charge in [-0.15, -0.1) is 0 Å². The Morgan fingerprint density at radius 1 is 1.14 bits per heavy atom. The van der Waals surface area contributed by atoms with Crippen molar-refractivity contribution in [3.63, 3.8) is 0 Å². The van der Waals surface area contributed by atoms with Crippen molar-refractivity contribution in [1.29, 1.82) is 0 Å². The topological polar surface area (TPSA) is 46.2 Å². The van der Waals surface area contributed by atoms with Gasteiger partial charge in [0.05, 0.1) is 4.90 Å². The first kappa shape index (κ1) is 16.6. The van der Waals surface area contributed by atoms with Crippen molar-refractivity contribution in [3.05, 3.63) is 62.8 Å². The van der Waals surface area contributed by atoms with Crippen molar-refractivity contribution in [2.45, 2.75) is 17.9 Å². The Morgan fingerprint density at radius 2 is 1.81 bits per heavy atom. The third-order valence-electron chi connectivity index (χ3n) is 2.89. The fraction of sp³-hybridized carbons (Fsp3) is 0.143. The van der Waals surface area contributed by atoms with Crippen LogP contribution in [0.2, 0.25) is 0 Å². The molecule has 0 aliphatic rings. The zero-order chi connectivity index (χ0) is 15.6. The van der Waals surface area contributed by atoms with Crippen LogP contribution in [-0.2, 0) is 10.0 Å². The summed E-state index contributed by atoms with van der Waals surface area (Å²) in [6.07, 6.45) is 0. The average Bonchev–Trinajstić information content (AvgIpc) is 2.41. The van der Waals surface area contributed by atoms with Gasteiger partial charge in [-0.1, -0.05) is 34.1 Å². The van der Waals surface area contributed by atoms with Gasteiger partial charge in [0.2, 0.25) is 10.0 Å². The first-order valence-corrected chi connectivity index (χ1v) is 9.10. The molecule has 1 N–H and O–H groups in total. The Kier molecular flexibility index (Phi) is 5.19. The maximum absolute atomic E-state index is 13.7. The summed E-state index contributed by atoms with van der Waals surface area (Å²) >= 11 is 6.45. The lowest BCUT2D eigenvalue weighted by molar-refractivity contribution is 0.549. The molecule has 0 fully saturated rings. The van der Waals surface area contributed by atoms with Crippen molar-refractivity contribution in [1.82, 2.24) is 4.72 Å². The first-order chi connectivity index (χ1) is 9.81. The monoisotopic (exact) mass is 435 g/mol. The molecular weight excluding hydrogens is 425 g/mol. The molecule has 2 aromatic carbocycles. The Labute approximate surface area is 139 Å². The maximum atomic E-state index is 13.7.